The Hall–Kier alpha value is -1.79. The standard InChI is InChI=1S/C18H21IN2O4/c1-3-24-16-11-13(10-15(19)17(16)25-4-2)9-14(12-20)18(22)21-5-7-23-8-6-21/h9-11H,3-8H2,1-2H3/b14-9+. The molecule has 1 heterocycles. The average molecular weight is 456 g/mol. The highest BCUT2D eigenvalue weighted by atomic mass is 127. The SMILES string of the molecule is CCOc1cc(/C=C(\C#N)C(=O)N2CCOCC2)cc(I)c1OCC. The van der Waals surface area contributed by atoms with E-state index in [1.54, 1.807) is 17.0 Å². The molecule has 0 radical (unpaired) electrons. The van der Waals surface area contributed by atoms with Crippen molar-refractivity contribution in [3.05, 3.63) is 26.8 Å². The second kappa shape index (κ2) is 9.63. The Bertz CT molecular complexity index is 691. The lowest BCUT2D eigenvalue weighted by molar-refractivity contribution is -0.130. The molecule has 1 aliphatic rings. The lowest BCUT2D eigenvalue weighted by atomic mass is 10.1. The van der Waals surface area contributed by atoms with Crippen molar-refractivity contribution in [3.63, 3.8) is 0 Å². The molecule has 0 saturated carbocycles. The summed E-state index contributed by atoms with van der Waals surface area (Å²) in [6.07, 6.45) is 1.60. The van der Waals surface area contributed by atoms with Crippen molar-refractivity contribution in [2.45, 2.75) is 13.8 Å². The molecule has 1 aliphatic heterocycles. The Labute approximate surface area is 161 Å². The molecule has 0 atom stereocenters. The van der Waals surface area contributed by atoms with E-state index in [1.807, 2.05) is 26.0 Å². The summed E-state index contributed by atoms with van der Waals surface area (Å²) in [6, 6.07) is 5.68. The van der Waals surface area contributed by atoms with Crippen molar-refractivity contribution in [1.82, 2.24) is 4.90 Å². The van der Waals surface area contributed by atoms with Crippen molar-refractivity contribution in [2.24, 2.45) is 0 Å². The molecular weight excluding hydrogens is 435 g/mol. The number of hydrogen-bond donors (Lipinski definition) is 0. The maximum absolute atomic E-state index is 12.5. The number of ether oxygens (including phenoxy) is 3. The molecule has 7 heteroatoms. The summed E-state index contributed by atoms with van der Waals surface area (Å²) in [5, 5.41) is 9.41. The number of carbonyl (C=O) groups is 1. The number of morpholine rings is 1. The molecule has 1 saturated heterocycles. The van der Waals surface area contributed by atoms with E-state index in [0.29, 0.717) is 51.0 Å². The summed E-state index contributed by atoms with van der Waals surface area (Å²) in [5.74, 6) is 1.02. The van der Waals surface area contributed by atoms with Crippen molar-refractivity contribution in [1.29, 1.82) is 5.26 Å². The zero-order chi connectivity index (χ0) is 18.2. The van der Waals surface area contributed by atoms with Crippen molar-refractivity contribution >= 4 is 34.6 Å². The lowest BCUT2D eigenvalue weighted by Crippen LogP contribution is -2.41. The minimum atomic E-state index is -0.271. The number of nitrogens with zero attached hydrogens (tertiary/aromatic N) is 2. The van der Waals surface area contributed by atoms with Crippen LogP contribution < -0.4 is 9.47 Å². The zero-order valence-electron chi connectivity index (χ0n) is 14.4. The van der Waals surface area contributed by atoms with Gasteiger partial charge in [0.05, 0.1) is 30.0 Å². The minimum absolute atomic E-state index is 0.101. The molecule has 1 aromatic carbocycles. The highest BCUT2D eigenvalue weighted by molar-refractivity contribution is 14.1. The first-order chi connectivity index (χ1) is 12.1. The van der Waals surface area contributed by atoms with Crippen LogP contribution in [0.2, 0.25) is 0 Å². The number of benzene rings is 1. The highest BCUT2D eigenvalue weighted by Gasteiger charge is 2.21. The van der Waals surface area contributed by atoms with Crippen LogP contribution in [0.15, 0.2) is 17.7 Å². The van der Waals surface area contributed by atoms with Crippen LogP contribution in [-0.2, 0) is 9.53 Å². The number of carbonyl (C=O) groups excluding carboxylic acids is 1. The maximum atomic E-state index is 12.5. The van der Waals surface area contributed by atoms with Gasteiger partial charge in [0.25, 0.3) is 5.91 Å². The minimum Gasteiger partial charge on any atom is -0.490 e. The predicted molar refractivity (Wildman–Crippen MR) is 102 cm³/mol. The maximum Gasteiger partial charge on any atom is 0.264 e. The molecule has 6 nitrogen and oxygen atoms in total. The van der Waals surface area contributed by atoms with Crippen LogP contribution in [0.3, 0.4) is 0 Å². The van der Waals surface area contributed by atoms with Crippen LogP contribution in [0.5, 0.6) is 11.5 Å². The summed E-state index contributed by atoms with van der Waals surface area (Å²) in [7, 11) is 0. The molecule has 134 valence electrons. The number of halogens is 1. The zero-order valence-corrected chi connectivity index (χ0v) is 16.5. The molecule has 0 aliphatic carbocycles. The fourth-order valence-electron chi connectivity index (χ4n) is 2.46. The van der Waals surface area contributed by atoms with Crippen LogP contribution in [0.1, 0.15) is 19.4 Å². The second-order valence-corrected chi connectivity index (χ2v) is 6.43. The smallest absolute Gasteiger partial charge is 0.264 e. The molecule has 0 spiro atoms. The van der Waals surface area contributed by atoms with Crippen molar-refractivity contribution < 1.29 is 19.0 Å². The molecule has 0 aromatic heterocycles. The Morgan fingerprint density at radius 3 is 2.60 bits per heavy atom. The van der Waals surface area contributed by atoms with Gasteiger partial charge in [0, 0.05) is 13.1 Å². The lowest BCUT2D eigenvalue weighted by Gasteiger charge is -2.26. The van der Waals surface area contributed by atoms with Crippen molar-refractivity contribution in [2.75, 3.05) is 39.5 Å². The molecule has 1 amide bonds. The first-order valence-electron chi connectivity index (χ1n) is 8.18. The Balaban J connectivity index is 2.33. The van der Waals surface area contributed by atoms with Gasteiger partial charge in [-0.15, -0.1) is 0 Å². The Morgan fingerprint density at radius 2 is 2.00 bits per heavy atom. The fraction of sp³-hybridized carbons (Fsp3) is 0.444. The molecule has 1 aromatic rings. The van der Waals surface area contributed by atoms with Crippen LogP contribution in [0.4, 0.5) is 0 Å². The van der Waals surface area contributed by atoms with E-state index in [2.05, 4.69) is 22.6 Å². The van der Waals surface area contributed by atoms with Gasteiger partial charge in [-0.3, -0.25) is 4.79 Å². The third-order valence-electron chi connectivity index (χ3n) is 3.58. The Morgan fingerprint density at radius 1 is 1.32 bits per heavy atom. The van der Waals surface area contributed by atoms with E-state index in [0.717, 1.165) is 9.13 Å². The van der Waals surface area contributed by atoms with Crippen LogP contribution in [0, 0.1) is 14.9 Å². The van der Waals surface area contributed by atoms with E-state index >= 15 is 0 Å². The molecule has 1 fully saturated rings. The average Bonchev–Trinajstić information content (AvgIpc) is 2.63. The summed E-state index contributed by atoms with van der Waals surface area (Å²) >= 11 is 2.17. The molecule has 0 unspecified atom stereocenters. The highest BCUT2D eigenvalue weighted by Crippen LogP contribution is 2.35. The number of hydrogen-bond acceptors (Lipinski definition) is 5. The van der Waals surface area contributed by atoms with Crippen LogP contribution in [-0.4, -0.2) is 50.3 Å². The topological polar surface area (TPSA) is 71.8 Å². The number of nitriles is 1. The molecule has 25 heavy (non-hydrogen) atoms. The summed E-state index contributed by atoms with van der Waals surface area (Å²) in [4.78, 5) is 14.2. The fourth-order valence-corrected chi connectivity index (χ4v) is 3.24. The summed E-state index contributed by atoms with van der Waals surface area (Å²) in [5.41, 5.74) is 0.832. The molecular formula is C18H21IN2O4. The van der Waals surface area contributed by atoms with Gasteiger partial charge in [-0.1, -0.05) is 0 Å². The third kappa shape index (κ3) is 5.09. The van der Waals surface area contributed by atoms with Gasteiger partial charge in [-0.05, 0) is 60.2 Å². The van der Waals surface area contributed by atoms with Crippen LogP contribution >= 0.6 is 22.6 Å². The van der Waals surface area contributed by atoms with Gasteiger partial charge in [-0.2, -0.15) is 5.26 Å². The van der Waals surface area contributed by atoms with E-state index in [-0.39, 0.29) is 11.5 Å². The van der Waals surface area contributed by atoms with E-state index < -0.39 is 0 Å². The largest absolute Gasteiger partial charge is 0.490 e. The predicted octanol–water partition coefficient (Wildman–Crippen LogP) is 2.85. The monoisotopic (exact) mass is 456 g/mol. The molecule has 2 rings (SSSR count). The molecule has 0 bridgehead atoms. The first kappa shape index (κ1) is 19.5. The summed E-state index contributed by atoms with van der Waals surface area (Å²) in [6.45, 7) is 6.85. The van der Waals surface area contributed by atoms with E-state index in [9.17, 15) is 10.1 Å². The van der Waals surface area contributed by atoms with E-state index in [1.165, 1.54) is 0 Å². The first-order valence-corrected chi connectivity index (χ1v) is 9.26. The van der Waals surface area contributed by atoms with Crippen molar-refractivity contribution in [3.8, 4) is 17.6 Å². The van der Waals surface area contributed by atoms with Gasteiger partial charge in [0.2, 0.25) is 0 Å². The number of amides is 1. The van der Waals surface area contributed by atoms with Gasteiger partial charge in [-0.25, -0.2) is 0 Å². The summed E-state index contributed by atoms with van der Waals surface area (Å²) < 4.78 is 17.4. The third-order valence-corrected chi connectivity index (χ3v) is 4.38. The van der Waals surface area contributed by atoms with Gasteiger partial charge in [0.1, 0.15) is 11.6 Å². The van der Waals surface area contributed by atoms with E-state index in [4.69, 9.17) is 14.2 Å². The van der Waals surface area contributed by atoms with Gasteiger partial charge >= 0.3 is 0 Å². The Kier molecular flexibility index (Phi) is 7.52. The molecule has 0 N–H and O–H groups in total. The van der Waals surface area contributed by atoms with Gasteiger partial charge in [0.15, 0.2) is 11.5 Å². The quantitative estimate of drug-likeness (QED) is 0.374. The van der Waals surface area contributed by atoms with Crippen LogP contribution in [0.25, 0.3) is 6.08 Å². The number of rotatable bonds is 6. The normalized spacial score (nSPS) is 14.8. The second-order valence-electron chi connectivity index (χ2n) is 5.27. The van der Waals surface area contributed by atoms with Gasteiger partial charge < -0.3 is 19.1 Å².